The molecule has 1 aromatic carbocycles. The zero-order valence-electron chi connectivity index (χ0n) is 11.8. The van der Waals surface area contributed by atoms with Crippen LogP contribution in [0.2, 0.25) is 0 Å². The Labute approximate surface area is 129 Å². The Bertz CT molecular complexity index is 424. The fourth-order valence-electron chi connectivity index (χ4n) is 2.70. The van der Waals surface area contributed by atoms with Gasteiger partial charge in [0.1, 0.15) is 0 Å². The van der Waals surface area contributed by atoms with Crippen LogP contribution in [0.3, 0.4) is 0 Å². The summed E-state index contributed by atoms with van der Waals surface area (Å²) in [6.45, 7) is 2.77. The van der Waals surface area contributed by atoms with Crippen molar-refractivity contribution in [3.05, 3.63) is 35.9 Å². The monoisotopic (exact) mass is 339 g/mol. The molecule has 4 heteroatoms. The van der Waals surface area contributed by atoms with Gasteiger partial charge in [-0.2, -0.15) is 0 Å². The van der Waals surface area contributed by atoms with Crippen LogP contribution in [0.15, 0.2) is 30.3 Å². The van der Waals surface area contributed by atoms with E-state index in [9.17, 15) is 4.79 Å². The first-order chi connectivity index (χ1) is 9.74. The summed E-state index contributed by atoms with van der Waals surface area (Å²) in [7, 11) is 0. The number of ether oxygens (including phenoxy) is 1. The number of benzene rings is 1. The maximum atomic E-state index is 12.4. The van der Waals surface area contributed by atoms with Gasteiger partial charge in [-0.05, 0) is 24.8 Å². The highest BCUT2D eigenvalue weighted by atomic mass is 79.9. The number of rotatable bonds is 6. The van der Waals surface area contributed by atoms with E-state index in [2.05, 4.69) is 40.3 Å². The molecule has 1 aliphatic heterocycles. The van der Waals surface area contributed by atoms with Crippen molar-refractivity contribution in [2.24, 2.45) is 5.92 Å². The molecule has 1 amide bonds. The van der Waals surface area contributed by atoms with E-state index in [1.54, 1.807) is 0 Å². The van der Waals surface area contributed by atoms with Crippen molar-refractivity contribution in [1.82, 2.24) is 5.32 Å². The molecular formula is C16H22BrNO2. The van der Waals surface area contributed by atoms with Crippen LogP contribution in [-0.4, -0.2) is 30.0 Å². The first kappa shape index (κ1) is 15.5. The second-order valence-corrected chi connectivity index (χ2v) is 5.91. The van der Waals surface area contributed by atoms with E-state index in [4.69, 9.17) is 4.74 Å². The summed E-state index contributed by atoms with van der Waals surface area (Å²) in [4.78, 5) is 12.4. The normalized spacial score (nSPS) is 23.5. The van der Waals surface area contributed by atoms with Gasteiger partial charge < -0.3 is 10.1 Å². The van der Waals surface area contributed by atoms with Gasteiger partial charge in [-0.25, -0.2) is 0 Å². The Morgan fingerprint density at radius 3 is 2.85 bits per heavy atom. The molecule has 3 atom stereocenters. The molecule has 20 heavy (non-hydrogen) atoms. The van der Waals surface area contributed by atoms with Crippen molar-refractivity contribution in [1.29, 1.82) is 0 Å². The number of alkyl halides is 1. The second kappa shape index (κ2) is 7.79. The predicted molar refractivity (Wildman–Crippen MR) is 84.0 cm³/mol. The quantitative estimate of drug-likeness (QED) is 0.809. The molecule has 1 fully saturated rings. The van der Waals surface area contributed by atoms with Crippen LogP contribution in [0.25, 0.3) is 0 Å². The maximum absolute atomic E-state index is 12.4. The topological polar surface area (TPSA) is 38.3 Å². The van der Waals surface area contributed by atoms with Gasteiger partial charge in [-0.1, -0.05) is 53.2 Å². The molecule has 1 N–H and O–H groups in total. The molecule has 0 aromatic heterocycles. The van der Waals surface area contributed by atoms with Gasteiger partial charge in [0.15, 0.2) is 0 Å². The SMILES string of the molecule is CCC1OCCC1C(=O)NC(CBr)Cc1ccccc1. The van der Waals surface area contributed by atoms with Crippen LogP contribution in [0.4, 0.5) is 0 Å². The van der Waals surface area contributed by atoms with E-state index < -0.39 is 0 Å². The van der Waals surface area contributed by atoms with Gasteiger partial charge >= 0.3 is 0 Å². The fourth-order valence-corrected chi connectivity index (χ4v) is 3.09. The molecule has 0 spiro atoms. The summed E-state index contributed by atoms with van der Waals surface area (Å²) in [6, 6.07) is 10.4. The zero-order chi connectivity index (χ0) is 14.4. The number of carbonyl (C=O) groups excluding carboxylic acids is 1. The predicted octanol–water partition coefficient (Wildman–Crippen LogP) is 2.92. The lowest BCUT2D eigenvalue weighted by atomic mass is 9.97. The molecule has 0 aliphatic carbocycles. The summed E-state index contributed by atoms with van der Waals surface area (Å²) in [6.07, 6.45) is 2.67. The third kappa shape index (κ3) is 4.06. The highest BCUT2D eigenvalue weighted by Crippen LogP contribution is 2.23. The Morgan fingerprint density at radius 2 is 2.20 bits per heavy atom. The summed E-state index contributed by atoms with van der Waals surface area (Å²) >= 11 is 3.50. The number of amides is 1. The molecule has 0 bridgehead atoms. The highest BCUT2D eigenvalue weighted by molar-refractivity contribution is 9.09. The standard InChI is InChI=1S/C16H22BrNO2/c1-2-15-14(8-9-20-15)16(19)18-13(11-17)10-12-6-4-3-5-7-12/h3-7,13-15H,2,8-11H2,1H3,(H,18,19). The first-order valence-corrected chi connectivity index (χ1v) is 8.38. The minimum atomic E-state index is 0.0114. The molecule has 2 rings (SSSR count). The Hall–Kier alpha value is -0.870. The average molecular weight is 340 g/mol. The minimum Gasteiger partial charge on any atom is -0.377 e. The van der Waals surface area contributed by atoms with Gasteiger partial charge in [0.2, 0.25) is 5.91 Å². The van der Waals surface area contributed by atoms with Crippen LogP contribution in [0.1, 0.15) is 25.3 Å². The molecule has 1 heterocycles. The fraction of sp³-hybridized carbons (Fsp3) is 0.562. The molecular weight excluding hydrogens is 318 g/mol. The van der Waals surface area contributed by atoms with Gasteiger partial charge in [-0.3, -0.25) is 4.79 Å². The number of halogens is 1. The van der Waals surface area contributed by atoms with E-state index in [0.29, 0.717) is 6.61 Å². The number of hydrogen-bond donors (Lipinski definition) is 1. The largest absolute Gasteiger partial charge is 0.377 e. The van der Waals surface area contributed by atoms with Gasteiger partial charge in [0.25, 0.3) is 0 Å². The molecule has 3 unspecified atom stereocenters. The van der Waals surface area contributed by atoms with Crippen LogP contribution >= 0.6 is 15.9 Å². The molecule has 3 nitrogen and oxygen atoms in total. The molecule has 0 saturated carbocycles. The van der Waals surface area contributed by atoms with Crippen LogP contribution < -0.4 is 5.32 Å². The van der Waals surface area contributed by atoms with Crippen molar-refractivity contribution < 1.29 is 9.53 Å². The smallest absolute Gasteiger partial charge is 0.226 e. The van der Waals surface area contributed by atoms with Gasteiger partial charge in [-0.15, -0.1) is 0 Å². The van der Waals surface area contributed by atoms with E-state index >= 15 is 0 Å². The Morgan fingerprint density at radius 1 is 1.45 bits per heavy atom. The van der Waals surface area contributed by atoms with Crippen LogP contribution in [0.5, 0.6) is 0 Å². The lowest BCUT2D eigenvalue weighted by Gasteiger charge is -2.21. The van der Waals surface area contributed by atoms with Crippen molar-refractivity contribution in [2.75, 3.05) is 11.9 Å². The summed E-state index contributed by atoms with van der Waals surface area (Å²) in [5, 5.41) is 3.92. The van der Waals surface area contributed by atoms with E-state index in [1.807, 2.05) is 18.2 Å². The third-order valence-electron chi connectivity index (χ3n) is 3.81. The van der Waals surface area contributed by atoms with E-state index in [1.165, 1.54) is 5.56 Å². The molecule has 1 aliphatic rings. The first-order valence-electron chi connectivity index (χ1n) is 7.26. The summed E-state index contributed by atoms with van der Waals surface area (Å²) in [5.74, 6) is 0.145. The van der Waals surface area contributed by atoms with Gasteiger partial charge in [0, 0.05) is 18.0 Å². The van der Waals surface area contributed by atoms with E-state index in [-0.39, 0.29) is 24.0 Å². The Kier molecular flexibility index (Phi) is 6.05. The van der Waals surface area contributed by atoms with E-state index in [0.717, 1.165) is 24.6 Å². The van der Waals surface area contributed by atoms with Crippen molar-refractivity contribution in [2.45, 2.75) is 38.3 Å². The summed E-state index contributed by atoms with van der Waals surface area (Å²) in [5.41, 5.74) is 1.24. The van der Waals surface area contributed by atoms with Crippen molar-refractivity contribution in [3.63, 3.8) is 0 Å². The number of nitrogens with one attached hydrogen (secondary N) is 1. The molecule has 0 radical (unpaired) electrons. The highest BCUT2D eigenvalue weighted by Gasteiger charge is 2.33. The van der Waals surface area contributed by atoms with Crippen molar-refractivity contribution in [3.8, 4) is 0 Å². The maximum Gasteiger partial charge on any atom is 0.226 e. The minimum absolute atomic E-state index is 0.0114. The zero-order valence-corrected chi connectivity index (χ0v) is 13.4. The third-order valence-corrected chi connectivity index (χ3v) is 4.59. The average Bonchev–Trinajstić information content (AvgIpc) is 2.96. The van der Waals surface area contributed by atoms with Crippen LogP contribution in [0, 0.1) is 5.92 Å². The second-order valence-electron chi connectivity index (χ2n) is 5.26. The van der Waals surface area contributed by atoms with Gasteiger partial charge in [0.05, 0.1) is 12.0 Å². The lowest BCUT2D eigenvalue weighted by Crippen LogP contribution is -2.43. The summed E-state index contributed by atoms with van der Waals surface area (Å²) < 4.78 is 5.60. The number of carbonyl (C=O) groups is 1. The van der Waals surface area contributed by atoms with Crippen LogP contribution in [-0.2, 0) is 16.0 Å². The lowest BCUT2D eigenvalue weighted by molar-refractivity contribution is -0.127. The molecule has 1 saturated heterocycles. The van der Waals surface area contributed by atoms with Crippen molar-refractivity contribution >= 4 is 21.8 Å². The molecule has 110 valence electrons. The Balaban J connectivity index is 1.91. The molecule has 1 aromatic rings. The number of hydrogen-bond acceptors (Lipinski definition) is 2.